The molecular formula is C11H20N2O5. The molecule has 0 unspecified atom stereocenters. The Labute approximate surface area is 106 Å². The molecule has 7 nitrogen and oxygen atoms in total. The van der Waals surface area contributed by atoms with Gasteiger partial charge >= 0.3 is 12.0 Å². The largest absolute Gasteiger partial charge is 0.480 e. The van der Waals surface area contributed by atoms with E-state index in [4.69, 9.17) is 14.9 Å². The topological polar surface area (TPSA) is 99.1 Å². The van der Waals surface area contributed by atoms with E-state index in [1.54, 1.807) is 12.0 Å². The van der Waals surface area contributed by atoms with Gasteiger partial charge in [-0.15, -0.1) is 0 Å². The lowest BCUT2D eigenvalue weighted by atomic mass is 10.1. The fourth-order valence-corrected chi connectivity index (χ4v) is 1.92. The second-order valence-corrected chi connectivity index (χ2v) is 4.27. The first-order chi connectivity index (χ1) is 8.58. The van der Waals surface area contributed by atoms with E-state index in [0.29, 0.717) is 13.1 Å². The fourth-order valence-electron chi connectivity index (χ4n) is 1.92. The second-order valence-electron chi connectivity index (χ2n) is 4.27. The van der Waals surface area contributed by atoms with Gasteiger partial charge in [0.15, 0.2) is 0 Å². The van der Waals surface area contributed by atoms with Crippen molar-refractivity contribution in [3.05, 3.63) is 0 Å². The van der Waals surface area contributed by atoms with E-state index in [1.807, 2.05) is 0 Å². The lowest BCUT2D eigenvalue weighted by Gasteiger charge is -2.32. The van der Waals surface area contributed by atoms with Crippen molar-refractivity contribution >= 4 is 12.0 Å². The van der Waals surface area contributed by atoms with Gasteiger partial charge in [-0.2, -0.15) is 0 Å². The molecule has 18 heavy (non-hydrogen) atoms. The minimum absolute atomic E-state index is 0.00953. The van der Waals surface area contributed by atoms with Crippen molar-refractivity contribution in [2.75, 3.05) is 26.8 Å². The van der Waals surface area contributed by atoms with Gasteiger partial charge in [-0.25, -0.2) is 9.59 Å². The first kappa shape index (κ1) is 14.7. The molecule has 0 radical (unpaired) electrons. The Balaban J connectivity index is 2.42. The van der Waals surface area contributed by atoms with Gasteiger partial charge in [0.2, 0.25) is 0 Å². The lowest BCUT2D eigenvalue weighted by Crippen LogP contribution is -2.51. The number of hydrogen-bond donors (Lipinski definition) is 3. The maximum Gasteiger partial charge on any atom is 0.326 e. The zero-order valence-corrected chi connectivity index (χ0v) is 10.5. The molecule has 0 aromatic rings. The number of hydrogen-bond acceptors (Lipinski definition) is 4. The van der Waals surface area contributed by atoms with Crippen LogP contribution in [0.15, 0.2) is 0 Å². The number of amides is 2. The molecule has 1 rings (SSSR count). The van der Waals surface area contributed by atoms with Crippen LogP contribution in [0.2, 0.25) is 0 Å². The summed E-state index contributed by atoms with van der Waals surface area (Å²) in [5.74, 6) is -1.14. The van der Waals surface area contributed by atoms with E-state index >= 15 is 0 Å². The van der Waals surface area contributed by atoms with E-state index < -0.39 is 18.0 Å². The van der Waals surface area contributed by atoms with Crippen molar-refractivity contribution in [2.24, 2.45) is 0 Å². The predicted molar refractivity (Wildman–Crippen MR) is 63.3 cm³/mol. The molecule has 0 saturated carbocycles. The molecule has 1 fully saturated rings. The summed E-state index contributed by atoms with van der Waals surface area (Å²) in [6.45, 7) is 0.828. The monoisotopic (exact) mass is 260 g/mol. The molecule has 0 aliphatic carbocycles. The number of nitrogens with zero attached hydrogens (tertiary/aromatic N) is 1. The number of aliphatic hydroxyl groups is 1. The van der Waals surface area contributed by atoms with Crippen LogP contribution < -0.4 is 5.32 Å². The summed E-state index contributed by atoms with van der Waals surface area (Å²) in [6, 6.07) is -1.44. The second kappa shape index (κ2) is 7.17. The number of ether oxygens (including phenoxy) is 1. The van der Waals surface area contributed by atoms with Crippen LogP contribution >= 0.6 is 0 Å². The van der Waals surface area contributed by atoms with Crippen molar-refractivity contribution < 1.29 is 24.5 Å². The molecule has 1 aliphatic rings. The number of carbonyl (C=O) groups is 2. The van der Waals surface area contributed by atoms with Crippen molar-refractivity contribution in [2.45, 2.75) is 31.4 Å². The highest BCUT2D eigenvalue weighted by Gasteiger charge is 2.26. The van der Waals surface area contributed by atoms with E-state index in [0.717, 1.165) is 12.8 Å². The standard InChI is InChI=1S/C11H20N2O5/c1-18-8-2-5-13(6-3-8)11(17)12-9(4-7-14)10(15)16/h8-9,14H,2-7H2,1H3,(H,12,17)(H,15,16)/t9-/m1/s1. The van der Waals surface area contributed by atoms with Gasteiger partial charge in [-0.1, -0.05) is 0 Å². The smallest absolute Gasteiger partial charge is 0.326 e. The van der Waals surface area contributed by atoms with E-state index in [-0.39, 0.29) is 19.1 Å². The molecule has 2 amide bonds. The molecular weight excluding hydrogens is 240 g/mol. The van der Waals surface area contributed by atoms with E-state index in [1.165, 1.54) is 0 Å². The number of urea groups is 1. The number of likely N-dealkylation sites (tertiary alicyclic amines) is 1. The molecule has 1 heterocycles. The average Bonchev–Trinajstić information content (AvgIpc) is 2.38. The summed E-state index contributed by atoms with van der Waals surface area (Å²) in [5.41, 5.74) is 0. The van der Waals surface area contributed by atoms with Crippen LogP contribution in [0.3, 0.4) is 0 Å². The van der Waals surface area contributed by atoms with Crippen molar-refractivity contribution in [3.63, 3.8) is 0 Å². The average molecular weight is 260 g/mol. The van der Waals surface area contributed by atoms with Crippen LogP contribution in [0.1, 0.15) is 19.3 Å². The summed E-state index contributed by atoms with van der Waals surface area (Å²) in [7, 11) is 1.64. The highest BCUT2D eigenvalue weighted by molar-refractivity contribution is 5.82. The van der Waals surface area contributed by atoms with Crippen molar-refractivity contribution in [3.8, 4) is 0 Å². The number of piperidine rings is 1. The van der Waals surface area contributed by atoms with Gasteiger partial charge in [-0.05, 0) is 12.8 Å². The summed E-state index contributed by atoms with van der Waals surface area (Å²) in [5, 5.41) is 20.0. The zero-order valence-electron chi connectivity index (χ0n) is 10.5. The molecule has 1 atom stereocenters. The summed E-state index contributed by atoms with van der Waals surface area (Å²) in [6.07, 6.45) is 1.68. The Hall–Kier alpha value is -1.34. The van der Waals surface area contributed by atoms with Crippen LogP contribution in [0.4, 0.5) is 4.79 Å². The highest BCUT2D eigenvalue weighted by atomic mass is 16.5. The minimum Gasteiger partial charge on any atom is -0.480 e. The molecule has 7 heteroatoms. The van der Waals surface area contributed by atoms with Crippen LogP contribution in [0.5, 0.6) is 0 Å². The minimum atomic E-state index is -1.14. The van der Waals surface area contributed by atoms with Crippen LogP contribution in [0, 0.1) is 0 Å². The van der Waals surface area contributed by atoms with Gasteiger partial charge in [0.25, 0.3) is 0 Å². The Morgan fingerprint density at radius 3 is 2.50 bits per heavy atom. The normalized spacial score (nSPS) is 18.4. The summed E-state index contributed by atoms with van der Waals surface area (Å²) < 4.78 is 5.19. The molecule has 1 saturated heterocycles. The van der Waals surface area contributed by atoms with E-state index in [9.17, 15) is 9.59 Å². The number of carboxylic acid groups (broad SMARTS) is 1. The predicted octanol–water partition coefficient (Wildman–Crippen LogP) is -0.358. The maximum atomic E-state index is 11.8. The third kappa shape index (κ3) is 4.15. The van der Waals surface area contributed by atoms with Gasteiger partial charge in [0, 0.05) is 33.2 Å². The lowest BCUT2D eigenvalue weighted by molar-refractivity contribution is -0.139. The van der Waals surface area contributed by atoms with Crippen LogP contribution in [0.25, 0.3) is 0 Å². The Morgan fingerprint density at radius 1 is 1.44 bits per heavy atom. The molecule has 0 aromatic heterocycles. The Morgan fingerprint density at radius 2 is 2.06 bits per heavy atom. The first-order valence-electron chi connectivity index (χ1n) is 6.00. The number of aliphatic hydroxyl groups excluding tert-OH is 1. The van der Waals surface area contributed by atoms with Gasteiger partial charge in [0.1, 0.15) is 6.04 Å². The SMILES string of the molecule is COC1CCN(C(=O)N[C@H](CCO)C(=O)O)CC1. The highest BCUT2D eigenvalue weighted by Crippen LogP contribution is 2.12. The molecule has 0 aromatic carbocycles. The number of carbonyl (C=O) groups excluding carboxylic acids is 1. The number of rotatable bonds is 5. The zero-order chi connectivity index (χ0) is 13.5. The first-order valence-corrected chi connectivity index (χ1v) is 6.00. The quantitative estimate of drug-likeness (QED) is 0.627. The summed E-state index contributed by atoms with van der Waals surface area (Å²) in [4.78, 5) is 24.2. The number of methoxy groups -OCH3 is 1. The third-order valence-electron chi connectivity index (χ3n) is 3.08. The molecule has 3 N–H and O–H groups in total. The molecule has 1 aliphatic heterocycles. The van der Waals surface area contributed by atoms with Crippen molar-refractivity contribution in [1.82, 2.24) is 10.2 Å². The molecule has 0 bridgehead atoms. The third-order valence-corrected chi connectivity index (χ3v) is 3.08. The van der Waals surface area contributed by atoms with Gasteiger partial charge < -0.3 is 25.2 Å². The molecule has 104 valence electrons. The number of carboxylic acids is 1. The summed E-state index contributed by atoms with van der Waals surface area (Å²) >= 11 is 0. The maximum absolute atomic E-state index is 11.8. The van der Waals surface area contributed by atoms with Crippen LogP contribution in [-0.4, -0.2) is 66.1 Å². The Kier molecular flexibility index (Phi) is 5.87. The van der Waals surface area contributed by atoms with Crippen molar-refractivity contribution in [1.29, 1.82) is 0 Å². The number of aliphatic carboxylic acids is 1. The van der Waals surface area contributed by atoms with E-state index in [2.05, 4.69) is 5.32 Å². The molecule has 0 spiro atoms. The number of nitrogens with one attached hydrogen (secondary N) is 1. The van der Waals surface area contributed by atoms with Gasteiger partial charge in [0.05, 0.1) is 6.10 Å². The fraction of sp³-hybridized carbons (Fsp3) is 0.818. The van der Waals surface area contributed by atoms with Crippen LogP contribution in [-0.2, 0) is 9.53 Å². The van der Waals surface area contributed by atoms with Gasteiger partial charge in [-0.3, -0.25) is 0 Å². The Bertz CT molecular complexity index is 289.